The number of aromatic amines is 1. The van der Waals surface area contributed by atoms with Crippen LogP contribution in [0.25, 0.3) is 0 Å². The van der Waals surface area contributed by atoms with Gasteiger partial charge in [0.25, 0.3) is 5.56 Å². The molecule has 0 aliphatic carbocycles. The molecule has 0 atom stereocenters. The Morgan fingerprint density at radius 2 is 2.14 bits per heavy atom. The fourth-order valence-electron chi connectivity index (χ4n) is 2.03. The molecule has 0 amide bonds. The summed E-state index contributed by atoms with van der Waals surface area (Å²) in [6.07, 6.45) is 0. The first-order valence-corrected chi connectivity index (χ1v) is 6.81. The van der Waals surface area contributed by atoms with Gasteiger partial charge in [-0.25, -0.2) is 4.98 Å². The van der Waals surface area contributed by atoms with Crippen LogP contribution in [0.15, 0.2) is 35.1 Å². The van der Waals surface area contributed by atoms with Gasteiger partial charge in [0.15, 0.2) is 0 Å². The second kappa shape index (κ2) is 6.23. The Labute approximate surface area is 123 Å². The van der Waals surface area contributed by atoms with Crippen LogP contribution in [0.1, 0.15) is 36.7 Å². The molecule has 1 aromatic heterocycles. The number of nitrogens with one attached hydrogen (secondary N) is 1. The number of nitriles is 1. The first kappa shape index (κ1) is 14.8. The van der Waals surface area contributed by atoms with Crippen LogP contribution in [0.5, 0.6) is 0 Å². The van der Waals surface area contributed by atoms with Crippen molar-refractivity contribution in [2.24, 2.45) is 0 Å². The summed E-state index contributed by atoms with van der Waals surface area (Å²) in [4.78, 5) is 20.8. The molecule has 2 aromatic rings. The maximum absolute atomic E-state index is 11.7. The Balaban J connectivity index is 2.26. The van der Waals surface area contributed by atoms with Gasteiger partial charge >= 0.3 is 0 Å². The molecule has 21 heavy (non-hydrogen) atoms. The average Bonchev–Trinajstić information content (AvgIpc) is 2.46. The average molecular weight is 282 g/mol. The quantitative estimate of drug-likeness (QED) is 0.934. The third-order valence-electron chi connectivity index (χ3n) is 3.16. The topological polar surface area (TPSA) is 72.8 Å². The van der Waals surface area contributed by atoms with Crippen molar-refractivity contribution in [2.75, 3.05) is 11.9 Å². The van der Waals surface area contributed by atoms with Crippen molar-refractivity contribution in [2.45, 2.75) is 26.3 Å². The minimum atomic E-state index is -0.152. The van der Waals surface area contributed by atoms with Crippen LogP contribution >= 0.6 is 0 Å². The highest BCUT2D eigenvalue weighted by Gasteiger charge is 2.09. The van der Waals surface area contributed by atoms with Crippen LogP contribution in [-0.2, 0) is 6.54 Å². The van der Waals surface area contributed by atoms with E-state index in [2.05, 4.69) is 16.0 Å². The largest absolute Gasteiger partial charge is 0.355 e. The van der Waals surface area contributed by atoms with Gasteiger partial charge in [0.1, 0.15) is 11.6 Å². The molecule has 0 saturated carbocycles. The zero-order chi connectivity index (χ0) is 15.4. The maximum Gasteiger partial charge on any atom is 0.252 e. The smallest absolute Gasteiger partial charge is 0.252 e. The van der Waals surface area contributed by atoms with Gasteiger partial charge in [-0.2, -0.15) is 5.26 Å². The van der Waals surface area contributed by atoms with Crippen LogP contribution in [0.2, 0.25) is 0 Å². The van der Waals surface area contributed by atoms with E-state index in [1.54, 1.807) is 6.07 Å². The molecule has 5 heteroatoms. The lowest BCUT2D eigenvalue weighted by molar-refractivity contribution is 0.754. The third kappa shape index (κ3) is 3.69. The minimum Gasteiger partial charge on any atom is -0.355 e. The molecule has 0 aliphatic rings. The summed E-state index contributed by atoms with van der Waals surface area (Å²) >= 11 is 0. The lowest BCUT2D eigenvalue weighted by Crippen LogP contribution is -2.22. The van der Waals surface area contributed by atoms with Crippen molar-refractivity contribution in [3.8, 4) is 6.07 Å². The standard InChI is InChI=1S/C16H18N4O/c1-11(2)16-18-14(8-15(21)19-16)20(3)10-13-6-4-5-12(7-13)9-17/h4-8,11H,10H2,1-3H3,(H,18,19,21). The van der Waals surface area contributed by atoms with Crippen LogP contribution < -0.4 is 10.5 Å². The van der Waals surface area contributed by atoms with Gasteiger partial charge in [0.05, 0.1) is 11.6 Å². The van der Waals surface area contributed by atoms with Gasteiger partial charge in [0.2, 0.25) is 0 Å². The van der Waals surface area contributed by atoms with Gasteiger partial charge in [-0.15, -0.1) is 0 Å². The van der Waals surface area contributed by atoms with E-state index in [-0.39, 0.29) is 11.5 Å². The highest BCUT2D eigenvalue weighted by molar-refractivity contribution is 5.40. The highest BCUT2D eigenvalue weighted by atomic mass is 16.1. The molecule has 1 aromatic carbocycles. The summed E-state index contributed by atoms with van der Waals surface area (Å²) < 4.78 is 0. The van der Waals surface area contributed by atoms with E-state index >= 15 is 0 Å². The summed E-state index contributed by atoms with van der Waals surface area (Å²) in [5.74, 6) is 1.47. The maximum atomic E-state index is 11.7. The molecule has 5 nitrogen and oxygen atoms in total. The highest BCUT2D eigenvalue weighted by Crippen LogP contribution is 2.15. The van der Waals surface area contributed by atoms with Crippen LogP contribution in [0.4, 0.5) is 5.82 Å². The first-order chi connectivity index (χ1) is 9.99. The summed E-state index contributed by atoms with van der Waals surface area (Å²) in [5.41, 5.74) is 1.48. The van der Waals surface area contributed by atoms with Crippen molar-refractivity contribution in [3.63, 3.8) is 0 Å². The summed E-state index contributed by atoms with van der Waals surface area (Å²) in [6, 6.07) is 11.0. The first-order valence-electron chi connectivity index (χ1n) is 6.81. The van der Waals surface area contributed by atoms with Gasteiger partial charge in [-0.1, -0.05) is 26.0 Å². The molecular weight excluding hydrogens is 264 g/mol. The van der Waals surface area contributed by atoms with Gasteiger partial charge < -0.3 is 9.88 Å². The Hall–Kier alpha value is -2.61. The second-order valence-corrected chi connectivity index (χ2v) is 5.31. The SMILES string of the molecule is CC(C)c1nc(N(C)Cc2cccc(C#N)c2)cc(=O)[nH]1. The van der Waals surface area contributed by atoms with E-state index in [9.17, 15) is 4.79 Å². The molecule has 0 saturated heterocycles. The number of anilines is 1. The van der Waals surface area contributed by atoms with Gasteiger partial charge in [-0.05, 0) is 17.7 Å². The Kier molecular flexibility index (Phi) is 4.39. The summed E-state index contributed by atoms with van der Waals surface area (Å²) in [5, 5.41) is 8.93. The monoisotopic (exact) mass is 282 g/mol. The molecule has 0 aliphatic heterocycles. The van der Waals surface area contributed by atoms with E-state index in [0.29, 0.717) is 23.8 Å². The molecule has 0 bridgehead atoms. The third-order valence-corrected chi connectivity index (χ3v) is 3.16. The van der Waals surface area contributed by atoms with Gasteiger partial charge in [0, 0.05) is 25.6 Å². The number of hydrogen-bond donors (Lipinski definition) is 1. The second-order valence-electron chi connectivity index (χ2n) is 5.31. The number of nitrogens with zero attached hydrogens (tertiary/aromatic N) is 3. The predicted octanol–water partition coefficient (Wildman–Crippen LogP) is 2.40. The number of aromatic nitrogens is 2. The van der Waals surface area contributed by atoms with Crippen molar-refractivity contribution < 1.29 is 0 Å². The van der Waals surface area contributed by atoms with E-state index in [1.807, 2.05) is 44.0 Å². The van der Waals surface area contributed by atoms with Crippen molar-refractivity contribution >= 4 is 5.82 Å². The Morgan fingerprint density at radius 3 is 2.81 bits per heavy atom. The van der Waals surface area contributed by atoms with Crippen molar-refractivity contribution in [1.82, 2.24) is 9.97 Å². The van der Waals surface area contributed by atoms with Crippen molar-refractivity contribution in [1.29, 1.82) is 5.26 Å². The number of rotatable bonds is 4. The normalized spacial score (nSPS) is 10.4. The molecule has 108 valence electrons. The molecule has 1 N–H and O–H groups in total. The molecule has 0 unspecified atom stereocenters. The van der Waals surface area contributed by atoms with E-state index < -0.39 is 0 Å². The molecule has 1 heterocycles. The van der Waals surface area contributed by atoms with Crippen LogP contribution in [0.3, 0.4) is 0 Å². The minimum absolute atomic E-state index is 0.152. The fraction of sp³-hybridized carbons (Fsp3) is 0.312. The number of H-pyrrole nitrogens is 1. The molecular formula is C16H18N4O. The van der Waals surface area contributed by atoms with Crippen LogP contribution in [0, 0.1) is 11.3 Å². The summed E-state index contributed by atoms with van der Waals surface area (Å²) in [7, 11) is 1.88. The van der Waals surface area contributed by atoms with E-state index in [4.69, 9.17) is 5.26 Å². The number of benzene rings is 1. The molecule has 0 spiro atoms. The lowest BCUT2D eigenvalue weighted by Gasteiger charge is -2.19. The van der Waals surface area contributed by atoms with E-state index in [1.165, 1.54) is 6.07 Å². The molecule has 2 rings (SSSR count). The zero-order valence-electron chi connectivity index (χ0n) is 12.4. The van der Waals surface area contributed by atoms with E-state index in [0.717, 1.165) is 5.56 Å². The molecule has 0 fully saturated rings. The summed E-state index contributed by atoms with van der Waals surface area (Å²) in [6.45, 7) is 4.56. The van der Waals surface area contributed by atoms with Crippen molar-refractivity contribution in [3.05, 3.63) is 57.6 Å². The van der Waals surface area contributed by atoms with Crippen LogP contribution in [-0.4, -0.2) is 17.0 Å². The fourth-order valence-corrected chi connectivity index (χ4v) is 2.03. The Bertz CT molecular complexity index is 728. The Morgan fingerprint density at radius 1 is 1.38 bits per heavy atom. The molecule has 0 radical (unpaired) electrons. The number of hydrogen-bond acceptors (Lipinski definition) is 4. The lowest BCUT2D eigenvalue weighted by atomic mass is 10.1. The van der Waals surface area contributed by atoms with Gasteiger partial charge in [-0.3, -0.25) is 4.79 Å². The zero-order valence-corrected chi connectivity index (χ0v) is 12.4. The predicted molar refractivity (Wildman–Crippen MR) is 82.2 cm³/mol.